The van der Waals surface area contributed by atoms with Crippen molar-refractivity contribution in [1.29, 1.82) is 0 Å². The SMILES string of the molecule is CC\C=C(/C(O)=C\C=C\C(C)(C)c1ccc(O)c(C(C)C)c1)C(C)C. The molecule has 0 aromatic heterocycles. The molecule has 0 spiro atoms. The number of phenols is 1. The van der Waals surface area contributed by atoms with Crippen LogP contribution in [0.15, 0.2) is 53.8 Å². The van der Waals surface area contributed by atoms with Crippen LogP contribution in [-0.2, 0) is 5.41 Å². The molecule has 0 unspecified atom stereocenters. The summed E-state index contributed by atoms with van der Waals surface area (Å²) in [6.07, 6.45) is 8.76. The quantitative estimate of drug-likeness (QED) is 0.423. The number of allylic oxidation sites excluding steroid dienone is 5. The zero-order chi connectivity index (χ0) is 19.2. The van der Waals surface area contributed by atoms with E-state index in [0.29, 0.717) is 17.4 Å². The molecule has 0 bridgehead atoms. The lowest BCUT2D eigenvalue weighted by molar-refractivity contribution is 0.410. The van der Waals surface area contributed by atoms with Crippen LogP contribution in [0.4, 0.5) is 0 Å². The number of hydrogen-bond acceptors (Lipinski definition) is 2. The number of aromatic hydroxyl groups is 1. The van der Waals surface area contributed by atoms with Gasteiger partial charge in [0.25, 0.3) is 0 Å². The summed E-state index contributed by atoms with van der Waals surface area (Å²) in [4.78, 5) is 0. The molecular formula is C23H34O2. The zero-order valence-corrected chi connectivity index (χ0v) is 16.8. The van der Waals surface area contributed by atoms with Crippen LogP contribution in [0.2, 0.25) is 0 Å². The van der Waals surface area contributed by atoms with Crippen molar-refractivity contribution in [2.45, 2.75) is 66.2 Å². The van der Waals surface area contributed by atoms with Gasteiger partial charge in [-0.25, -0.2) is 0 Å². The highest BCUT2D eigenvalue weighted by molar-refractivity contribution is 5.42. The van der Waals surface area contributed by atoms with Gasteiger partial charge in [0.1, 0.15) is 11.5 Å². The first-order chi connectivity index (χ1) is 11.6. The standard InChI is InChI=1S/C23H34O2/c1-8-10-19(16(2)3)21(24)11-9-14-23(6,7)18-12-13-22(25)20(15-18)17(4)5/h9-17,24-25H,8H2,1-7H3/b14-9+,19-10-,21-11+. The van der Waals surface area contributed by atoms with E-state index in [1.807, 2.05) is 12.1 Å². The lowest BCUT2D eigenvalue weighted by Crippen LogP contribution is -2.14. The summed E-state index contributed by atoms with van der Waals surface area (Å²) in [6, 6.07) is 5.81. The van der Waals surface area contributed by atoms with Crippen molar-refractivity contribution in [3.05, 3.63) is 65.0 Å². The van der Waals surface area contributed by atoms with Crippen molar-refractivity contribution >= 4 is 0 Å². The van der Waals surface area contributed by atoms with E-state index in [1.165, 1.54) is 0 Å². The molecular weight excluding hydrogens is 308 g/mol. The van der Waals surface area contributed by atoms with Gasteiger partial charge in [-0.2, -0.15) is 0 Å². The minimum absolute atomic E-state index is 0.194. The topological polar surface area (TPSA) is 40.5 Å². The molecule has 2 heteroatoms. The molecule has 0 aliphatic heterocycles. The molecule has 0 atom stereocenters. The monoisotopic (exact) mass is 342 g/mol. The van der Waals surface area contributed by atoms with E-state index >= 15 is 0 Å². The maximum Gasteiger partial charge on any atom is 0.119 e. The zero-order valence-electron chi connectivity index (χ0n) is 16.8. The van der Waals surface area contributed by atoms with Crippen LogP contribution in [0.3, 0.4) is 0 Å². The maximum atomic E-state index is 10.3. The fourth-order valence-electron chi connectivity index (χ4n) is 2.85. The van der Waals surface area contributed by atoms with Crippen LogP contribution in [-0.4, -0.2) is 10.2 Å². The van der Waals surface area contributed by atoms with Crippen LogP contribution in [0.25, 0.3) is 0 Å². The molecule has 0 aliphatic carbocycles. The highest BCUT2D eigenvalue weighted by atomic mass is 16.3. The molecule has 1 aromatic rings. The molecule has 2 N–H and O–H groups in total. The normalized spacial score (nSPS) is 14.1. The third-order valence-electron chi connectivity index (χ3n) is 4.50. The maximum absolute atomic E-state index is 10.3. The van der Waals surface area contributed by atoms with E-state index in [-0.39, 0.29) is 11.3 Å². The van der Waals surface area contributed by atoms with Gasteiger partial charge < -0.3 is 10.2 Å². The Kier molecular flexibility index (Phi) is 7.54. The summed E-state index contributed by atoms with van der Waals surface area (Å²) in [5.41, 5.74) is 2.90. The molecule has 0 heterocycles. The Morgan fingerprint density at radius 3 is 2.32 bits per heavy atom. The first kappa shape index (κ1) is 21.1. The minimum atomic E-state index is -0.194. The molecule has 0 radical (unpaired) electrons. The van der Waals surface area contributed by atoms with Gasteiger partial charge in [0, 0.05) is 5.41 Å². The van der Waals surface area contributed by atoms with Gasteiger partial charge in [0.15, 0.2) is 0 Å². The van der Waals surface area contributed by atoms with Crippen molar-refractivity contribution in [2.75, 3.05) is 0 Å². The van der Waals surface area contributed by atoms with E-state index < -0.39 is 0 Å². The lowest BCUT2D eigenvalue weighted by Gasteiger charge is -2.23. The van der Waals surface area contributed by atoms with Crippen molar-refractivity contribution in [1.82, 2.24) is 0 Å². The Labute approximate surface area is 153 Å². The molecule has 1 aromatic carbocycles. The fourth-order valence-corrected chi connectivity index (χ4v) is 2.85. The molecule has 25 heavy (non-hydrogen) atoms. The number of benzene rings is 1. The van der Waals surface area contributed by atoms with E-state index in [9.17, 15) is 10.2 Å². The third-order valence-corrected chi connectivity index (χ3v) is 4.50. The second-order valence-corrected chi connectivity index (χ2v) is 7.78. The third kappa shape index (κ3) is 5.81. The first-order valence-electron chi connectivity index (χ1n) is 9.22. The number of rotatable bonds is 7. The predicted molar refractivity (Wildman–Crippen MR) is 108 cm³/mol. The van der Waals surface area contributed by atoms with Crippen LogP contribution < -0.4 is 0 Å². The predicted octanol–water partition coefficient (Wildman–Crippen LogP) is 6.78. The van der Waals surface area contributed by atoms with E-state index in [1.54, 1.807) is 12.1 Å². The van der Waals surface area contributed by atoms with Crippen LogP contribution >= 0.6 is 0 Å². The smallest absolute Gasteiger partial charge is 0.119 e. The number of aliphatic hydroxyl groups excluding tert-OH is 1. The number of phenolic OH excluding ortho intramolecular Hbond substituents is 1. The van der Waals surface area contributed by atoms with Gasteiger partial charge in [0.2, 0.25) is 0 Å². The Hall–Kier alpha value is -1.96. The van der Waals surface area contributed by atoms with Crippen LogP contribution in [0, 0.1) is 5.92 Å². The van der Waals surface area contributed by atoms with Gasteiger partial charge in [-0.1, -0.05) is 78.8 Å². The molecule has 0 aliphatic rings. The van der Waals surface area contributed by atoms with Gasteiger partial charge in [-0.15, -0.1) is 0 Å². The molecule has 0 saturated carbocycles. The summed E-state index contributed by atoms with van der Waals surface area (Å²) < 4.78 is 0. The molecule has 0 saturated heterocycles. The van der Waals surface area contributed by atoms with E-state index in [0.717, 1.165) is 23.1 Å². The largest absolute Gasteiger partial charge is 0.508 e. The van der Waals surface area contributed by atoms with E-state index in [4.69, 9.17) is 0 Å². The number of aliphatic hydroxyl groups is 1. The molecule has 2 nitrogen and oxygen atoms in total. The van der Waals surface area contributed by atoms with Crippen molar-refractivity contribution < 1.29 is 10.2 Å². The Bertz CT molecular complexity index is 659. The average Bonchev–Trinajstić information content (AvgIpc) is 2.51. The highest BCUT2D eigenvalue weighted by Gasteiger charge is 2.19. The fraction of sp³-hybridized carbons (Fsp3) is 0.478. The van der Waals surface area contributed by atoms with Gasteiger partial charge in [0.05, 0.1) is 0 Å². The molecule has 0 amide bonds. The Morgan fingerprint density at radius 2 is 1.80 bits per heavy atom. The average molecular weight is 343 g/mol. The molecule has 1 rings (SSSR count). The summed E-state index contributed by atoms with van der Waals surface area (Å²) in [7, 11) is 0. The Balaban J connectivity index is 3.08. The summed E-state index contributed by atoms with van der Waals surface area (Å²) in [5, 5.41) is 20.4. The minimum Gasteiger partial charge on any atom is -0.508 e. The van der Waals surface area contributed by atoms with E-state index in [2.05, 4.69) is 66.7 Å². The second kappa shape index (κ2) is 8.94. The van der Waals surface area contributed by atoms with Crippen LogP contribution in [0.5, 0.6) is 5.75 Å². The van der Waals surface area contributed by atoms with Gasteiger partial charge >= 0.3 is 0 Å². The lowest BCUT2D eigenvalue weighted by atomic mass is 9.82. The molecule has 0 fully saturated rings. The first-order valence-corrected chi connectivity index (χ1v) is 9.22. The molecule has 138 valence electrons. The second-order valence-electron chi connectivity index (χ2n) is 7.78. The number of hydrogen-bond donors (Lipinski definition) is 2. The summed E-state index contributed by atoms with van der Waals surface area (Å²) in [5.74, 6) is 1.25. The van der Waals surface area contributed by atoms with Gasteiger partial charge in [-0.3, -0.25) is 0 Å². The Morgan fingerprint density at radius 1 is 1.16 bits per heavy atom. The van der Waals surface area contributed by atoms with Crippen LogP contribution in [0.1, 0.15) is 71.9 Å². The summed E-state index contributed by atoms with van der Waals surface area (Å²) >= 11 is 0. The van der Waals surface area contributed by atoms with Crippen molar-refractivity contribution in [3.8, 4) is 5.75 Å². The highest BCUT2D eigenvalue weighted by Crippen LogP contribution is 2.32. The van der Waals surface area contributed by atoms with Crippen molar-refractivity contribution in [2.24, 2.45) is 5.92 Å². The van der Waals surface area contributed by atoms with Crippen molar-refractivity contribution in [3.63, 3.8) is 0 Å². The summed E-state index contributed by atoms with van der Waals surface area (Å²) in [6.45, 7) is 14.7. The van der Waals surface area contributed by atoms with Gasteiger partial charge in [-0.05, 0) is 47.1 Å².